The molecule has 0 heterocycles. The maximum absolute atomic E-state index is 14.0. The fraction of sp³-hybridized carbons (Fsp3) is 0.200. The van der Waals surface area contributed by atoms with Gasteiger partial charge in [0.15, 0.2) is 0 Å². The van der Waals surface area contributed by atoms with Crippen molar-refractivity contribution in [3.8, 4) is 16.9 Å². The van der Waals surface area contributed by atoms with Gasteiger partial charge in [-0.3, -0.25) is 0 Å². The molecule has 0 radical (unpaired) electrons. The lowest BCUT2D eigenvalue weighted by Crippen LogP contribution is -1.95. The summed E-state index contributed by atoms with van der Waals surface area (Å²) in [6.45, 7) is 1.93. The van der Waals surface area contributed by atoms with Crippen molar-refractivity contribution >= 4 is 0 Å². The van der Waals surface area contributed by atoms with Crippen molar-refractivity contribution in [1.82, 2.24) is 0 Å². The van der Waals surface area contributed by atoms with Gasteiger partial charge in [0, 0.05) is 5.56 Å². The van der Waals surface area contributed by atoms with Crippen LogP contribution < -0.4 is 4.74 Å². The molecule has 0 aliphatic rings. The lowest BCUT2D eigenvalue weighted by Gasteiger charge is -2.11. The van der Waals surface area contributed by atoms with Crippen molar-refractivity contribution in [2.75, 3.05) is 7.11 Å². The predicted octanol–water partition coefficient (Wildman–Crippen LogP) is 4.20. The summed E-state index contributed by atoms with van der Waals surface area (Å²) in [5.74, 6) is -0.123. The third-order valence-corrected chi connectivity index (χ3v) is 2.89. The topological polar surface area (TPSA) is 9.23 Å². The van der Waals surface area contributed by atoms with Crippen LogP contribution in [0.3, 0.4) is 0 Å². The molecule has 0 unspecified atom stereocenters. The van der Waals surface area contributed by atoms with Crippen molar-refractivity contribution in [1.29, 1.82) is 0 Å². The van der Waals surface area contributed by atoms with Gasteiger partial charge >= 0.3 is 0 Å². The van der Waals surface area contributed by atoms with Crippen LogP contribution in [0, 0.1) is 11.6 Å². The van der Waals surface area contributed by atoms with Gasteiger partial charge in [-0.25, -0.2) is 8.78 Å². The molecule has 94 valence electrons. The lowest BCUT2D eigenvalue weighted by atomic mass is 10.0. The van der Waals surface area contributed by atoms with Crippen LogP contribution in [0.4, 0.5) is 8.78 Å². The number of hydrogen-bond acceptors (Lipinski definition) is 1. The highest BCUT2D eigenvalue weighted by Gasteiger charge is 2.11. The Morgan fingerprint density at radius 3 is 2.50 bits per heavy atom. The molecule has 0 bridgehead atoms. The highest BCUT2D eigenvalue weighted by Crippen LogP contribution is 2.30. The zero-order valence-corrected chi connectivity index (χ0v) is 10.3. The minimum Gasteiger partial charge on any atom is -0.496 e. The third kappa shape index (κ3) is 2.35. The van der Waals surface area contributed by atoms with E-state index in [9.17, 15) is 8.78 Å². The van der Waals surface area contributed by atoms with Gasteiger partial charge in [0.1, 0.15) is 17.4 Å². The molecule has 0 aromatic heterocycles. The predicted molar refractivity (Wildman–Crippen MR) is 67.7 cm³/mol. The molecule has 1 nitrogen and oxygen atoms in total. The van der Waals surface area contributed by atoms with Crippen LogP contribution in [0.2, 0.25) is 0 Å². The maximum Gasteiger partial charge on any atom is 0.131 e. The number of ether oxygens (including phenoxy) is 1. The van der Waals surface area contributed by atoms with E-state index in [1.54, 1.807) is 25.3 Å². The summed E-state index contributed by atoms with van der Waals surface area (Å²) in [5, 5.41) is 0. The second kappa shape index (κ2) is 5.17. The molecule has 0 N–H and O–H groups in total. The first-order chi connectivity index (χ1) is 8.65. The summed E-state index contributed by atoms with van der Waals surface area (Å²) in [7, 11) is 1.54. The number of benzene rings is 2. The van der Waals surface area contributed by atoms with Crippen molar-refractivity contribution in [2.45, 2.75) is 13.3 Å². The largest absolute Gasteiger partial charge is 0.496 e. The molecule has 0 spiro atoms. The molecule has 0 atom stereocenters. The molecule has 0 aliphatic heterocycles. The van der Waals surface area contributed by atoms with Gasteiger partial charge in [0.2, 0.25) is 0 Å². The molecule has 2 rings (SSSR count). The van der Waals surface area contributed by atoms with Crippen molar-refractivity contribution in [3.63, 3.8) is 0 Å². The fourth-order valence-corrected chi connectivity index (χ4v) is 1.94. The van der Waals surface area contributed by atoms with E-state index in [0.29, 0.717) is 23.3 Å². The Bertz CT molecular complexity index is 564. The SMILES string of the molecule is CCc1cc(F)c(-c2cccc(F)c2)cc1OC. The zero-order chi connectivity index (χ0) is 13.1. The van der Waals surface area contributed by atoms with E-state index in [0.717, 1.165) is 5.56 Å². The highest BCUT2D eigenvalue weighted by molar-refractivity contribution is 5.67. The van der Waals surface area contributed by atoms with Gasteiger partial charge in [0.05, 0.1) is 7.11 Å². The Labute approximate surface area is 105 Å². The molecule has 0 fully saturated rings. The van der Waals surface area contributed by atoms with E-state index >= 15 is 0 Å². The van der Waals surface area contributed by atoms with Gasteiger partial charge in [-0.1, -0.05) is 19.1 Å². The Morgan fingerprint density at radius 2 is 1.89 bits per heavy atom. The van der Waals surface area contributed by atoms with E-state index < -0.39 is 0 Å². The van der Waals surface area contributed by atoms with Crippen LogP contribution in [0.1, 0.15) is 12.5 Å². The highest BCUT2D eigenvalue weighted by atomic mass is 19.1. The molecule has 0 amide bonds. The summed E-state index contributed by atoms with van der Waals surface area (Å²) in [6.07, 6.45) is 0.684. The van der Waals surface area contributed by atoms with Crippen molar-refractivity contribution in [3.05, 3.63) is 53.6 Å². The molecule has 2 aromatic rings. The molecule has 0 saturated heterocycles. The summed E-state index contributed by atoms with van der Waals surface area (Å²) in [4.78, 5) is 0. The third-order valence-electron chi connectivity index (χ3n) is 2.89. The van der Waals surface area contributed by atoms with Gasteiger partial charge in [-0.2, -0.15) is 0 Å². The number of rotatable bonds is 3. The van der Waals surface area contributed by atoms with Gasteiger partial charge in [-0.05, 0) is 41.8 Å². The van der Waals surface area contributed by atoms with Crippen molar-refractivity contribution < 1.29 is 13.5 Å². The van der Waals surface area contributed by atoms with Crippen molar-refractivity contribution in [2.24, 2.45) is 0 Å². The number of aryl methyl sites for hydroxylation is 1. The quantitative estimate of drug-likeness (QED) is 0.790. The average Bonchev–Trinajstić information content (AvgIpc) is 2.38. The van der Waals surface area contributed by atoms with Crippen LogP contribution in [0.15, 0.2) is 36.4 Å². The Balaban J connectivity index is 2.57. The minimum absolute atomic E-state index is 0.351. The first kappa shape index (κ1) is 12.6. The normalized spacial score (nSPS) is 10.4. The number of halogens is 2. The standard InChI is InChI=1S/C15H14F2O/c1-3-10-8-14(17)13(9-15(10)18-2)11-5-4-6-12(16)7-11/h4-9H,3H2,1-2H3. The van der Waals surface area contributed by atoms with Crippen LogP contribution in [0.5, 0.6) is 5.75 Å². The fourth-order valence-electron chi connectivity index (χ4n) is 1.94. The first-order valence-corrected chi connectivity index (χ1v) is 5.78. The molecule has 3 heteroatoms. The van der Waals surface area contributed by atoms with Gasteiger partial charge in [0.25, 0.3) is 0 Å². The summed E-state index contributed by atoms with van der Waals surface area (Å²) >= 11 is 0. The molecular weight excluding hydrogens is 234 g/mol. The second-order valence-electron chi connectivity index (χ2n) is 4.01. The number of methoxy groups -OCH3 is 1. The Morgan fingerprint density at radius 1 is 1.11 bits per heavy atom. The molecule has 0 saturated carbocycles. The summed E-state index contributed by atoms with van der Waals surface area (Å²) in [5.41, 5.74) is 1.66. The van der Waals surface area contributed by atoms with E-state index in [2.05, 4.69) is 0 Å². The Hall–Kier alpha value is -1.90. The smallest absolute Gasteiger partial charge is 0.131 e. The zero-order valence-electron chi connectivity index (χ0n) is 10.3. The van der Waals surface area contributed by atoms with Crippen LogP contribution in [-0.2, 0) is 6.42 Å². The Kier molecular flexibility index (Phi) is 3.60. The van der Waals surface area contributed by atoms with E-state index in [1.807, 2.05) is 6.92 Å². The molecule has 0 aliphatic carbocycles. The van der Waals surface area contributed by atoms with E-state index in [1.165, 1.54) is 18.2 Å². The second-order valence-corrected chi connectivity index (χ2v) is 4.01. The average molecular weight is 248 g/mol. The van der Waals surface area contributed by atoms with Gasteiger partial charge < -0.3 is 4.74 Å². The maximum atomic E-state index is 14.0. The lowest BCUT2D eigenvalue weighted by molar-refractivity contribution is 0.409. The monoisotopic (exact) mass is 248 g/mol. The summed E-state index contributed by atoms with van der Waals surface area (Å²) < 4.78 is 32.4. The number of hydrogen-bond donors (Lipinski definition) is 0. The molecule has 18 heavy (non-hydrogen) atoms. The minimum atomic E-state index is -0.384. The van der Waals surface area contributed by atoms with E-state index in [4.69, 9.17) is 4.74 Å². The van der Waals surface area contributed by atoms with Gasteiger partial charge in [-0.15, -0.1) is 0 Å². The summed E-state index contributed by atoms with van der Waals surface area (Å²) in [6, 6.07) is 8.93. The van der Waals surface area contributed by atoms with Crippen LogP contribution in [0.25, 0.3) is 11.1 Å². The molecule has 2 aromatic carbocycles. The van der Waals surface area contributed by atoms with Crippen LogP contribution in [-0.4, -0.2) is 7.11 Å². The van der Waals surface area contributed by atoms with E-state index in [-0.39, 0.29) is 11.6 Å². The van der Waals surface area contributed by atoms with Crippen LogP contribution >= 0.6 is 0 Å². The molecular formula is C15H14F2O. The first-order valence-electron chi connectivity index (χ1n) is 5.78.